The van der Waals surface area contributed by atoms with Gasteiger partial charge in [-0.25, -0.2) is 0 Å². The fourth-order valence-corrected chi connectivity index (χ4v) is 1.20. The normalized spacial score (nSPS) is 11.1. The van der Waals surface area contributed by atoms with E-state index in [2.05, 4.69) is 35.5 Å². The quantitative estimate of drug-likeness (QED) is 0.265. The van der Waals surface area contributed by atoms with Crippen molar-refractivity contribution in [2.24, 2.45) is 10.7 Å². The van der Waals surface area contributed by atoms with Gasteiger partial charge in [-0.05, 0) is 33.2 Å². The first-order chi connectivity index (χ1) is 7.70. The molecule has 0 aromatic carbocycles. The molecule has 0 aliphatic carbocycles. The van der Waals surface area contributed by atoms with Crippen LogP contribution in [0.4, 0.5) is 0 Å². The highest BCUT2D eigenvalue weighted by Crippen LogP contribution is 1.93. The predicted octanol–water partition coefficient (Wildman–Crippen LogP) is 1.25. The Morgan fingerprint density at radius 3 is 2.56 bits per heavy atom. The molecule has 4 nitrogen and oxygen atoms in total. The first-order valence-electron chi connectivity index (χ1n) is 6.00. The fraction of sp³-hybridized carbons (Fsp3) is 0.750. The molecule has 0 heterocycles. The predicted molar refractivity (Wildman–Crippen MR) is 71.7 cm³/mol. The number of unbranched alkanes of at least 4 members (excludes halogenated alkanes) is 2. The molecule has 0 bridgehead atoms. The van der Waals surface area contributed by atoms with Gasteiger partial charge in [-0.3, -0.25) is 4.99 Å². The minimum Gasteiger partial charge on any atom is -0.359 e. The second-order valence-corrected chi connectivity index (χ2v) is 3.99. The zero-order chi connectivity index (χ0) is 12.2. The minimum atomic E-state index is 0.779. The molecule has 0 rings (SSSR count). The summed E-state index contributed by atoms with van der Waals surface area (Å²) in [6.07, 6.45) is 5.49. The SMILES string of the molecule is CNC(=NCCCCCN)NCC=C(C)C. The molecule has 0 radical (unpaired) electrons. The Labute approximate surface area is 99.4 Å². The van der Waals surface area contributed by atoms with Crippen molar-refractivity contribution in [2.45, 2.75) is 33.1 Å². The van der Waals surface area contributed by atoms with Crippen LogP contribution in [-0.2, 0) is 0 Å². The number of guanidine groups is 1. The van der Waals surface area contributed by atoms with Crippen LogP contribution in [-0.4, -0.2) is 32.6 Å². The lowest BCUT2D eigenvalue weighted by Gasteiger charge is -2.07. The van der Waals surface area contributed by atoms with Crippen LogP contribution in [0.1, 0.15) is 33.1 Å². The van der Waals surface area contributed by atoms with Crippen molar-refractivity contribution in [1.29, 1.82) is 0 Å². The van der Waals surface area contributed by atoms with Crippen LogP contribution in [0.15, 0.2) is 16.6 Å². The van der Waals surface area contributed by atoms with Crippen LogP contribution in [0, 0.1) is 0 Å². The van der Waals surface area contributed by atoms with E-state index in [9.17, 15) is 0 Å². The summed E-state index contributed by atoms with van der Waals surface area (Å²) in [5.74, 6) is 0.866. The smallest absolute Gasteiger partial charge is 0.191 e. The molecule has 4 heteroatoms. The number of allylic oxidation sites excluding steroid dienone is 1. The monoisotopic (exact) mass is 226 g/mol. The molecule has 0 aliphatic heterocycles. The summed E-state index contributed by atoms with van der Waals surface area (Å²) in [7, 11) is 1.88. The van der Waals surface area contributed by atoms with Crippen molar-refractivity contribution in [3.05, 3.63) is 11.6 Å². The molecule has 0 atom stereocenters. The molecule has 0 amide bonds. The molecule has 0 saturated heterocycles. The molecule has 16 heavy (non-hydrogen) atoms. The number of nitrogens with one attached hydrogen (secondary N) is 2. The molecule has 0 saturated carbocycles. The first kappa shape index (κ1) is 15.0. The molecule has 0 aromatic heterocycles. The molecule has 0 aliphatic rings. The molecule has 4 N–H and O–H groups in total. The highest BCUT2D eigenvalue weighted by Gasteiger charge is 1.92. The van der Waals surface area contributed by atoms with Crippen LogP contribution in [0.3, 0.4) is 0 Å². The third-order valence-corrected chi connectivity index (χ3v) is 2.15. The molecular formula is C12H26N4. The Balaban J connectivity index is 3.71. The summed E-state index contributed by atoms with van der Waals surface area (Å²) in [5.41, 5.74) is 6.73. The fourth-order valence-electron chi connectivity index (χ4n) is 1.20. The molecule has 0 fully saturated rings. The van der Waals surface area contributed by atoms with Crippen molar-refractivity contribution >= 4 is 5.96 Å². The lowest BCUT2D eigenvalue weighted by atomic mass is 10.2. The highest BCUT2D eigenvalue weighted by atomic mass is 15.2. The van der Waals surface area contributed by atoms with E-state index in [1.807, 2.05) is 7.05 Å². The lowest BCUT2D eigenvalue weighted by Crippen LogP contribution is -2.35. The van der Waals surface area contributed by atoms with E-state index < -0.39 is 0 Å². The average molecular weight is 226 g/mol. The van der Waals surface area contributed by atoms with Gasteiger partial charge in [0.05, 0.1) is 0 Å². The number of nitrogens with zero attached hydrogens (tertiary/aromatic N) is 1. The van der Waals surface area contributed by atoms with E-state index in [-0.39, 0.29) is 0 Å². The van der Waals surface area contributed by atoms with Crippen LogP contribution in [0.2, 0.25) is 0 Å². The molecular weight excluding hydrogens is 200 g/mol. The van der Waals surface area contributed by atoms with Gasteiger partial charge < -0.3 is 16.4 Å². The van der Waals surface area contributed by atoms with E-state index in [4.69, 9.17) is 5.73 Å². The van der Waals surface area contributed by atoms with Gasteiger partial charge in [0, 0.05) is 20.1 Å². The maximum atomic E-state index is 5.42. The molecule has 0 aromatic rings. The highest BCUT2D eigenvalue weighted by molar-refractivity contribution is 5.79. The van der Waals surface area contributed by atoms with E-state index in [1.165, 1.54) is 5.57 Å². The van der Waals surface area contributed by atoms with E-state index in [0.717, 1.165) is 44.9 Å². The average Bonchev–Trinajstić information content (AvgIpc) is 2.26. The van der Waals surface area contributed by atoms with Gasteiger partial charge in [-0.15, -0.1) is 0 Å². The Kier molecular flexibility index (Phi) is 9.81. The number of hydrogen-bond acceptors (Lipinski definition) is 2. The second kappa shape index (κ2) is 10.5. The Morgan fingerprint density at radius 2 is 2.00 bits per heavy atom. The van der Waals surface area contributed by atoms with Crippen LogP contribution >= 0.6 is 0 Å². The van der Waals surface area contributed by atoms with Gasteiger partial charge in [-0.1, -0.05) is 18.1 Å². The van der Waals surface area contributed by atoms with Crippen LogP contribution in [0.5, 0.6) is 0 Å². The number of aliphatic imine (C=N–C) groups is 1. The van der Waals surface area contributed by atoms with E-state index in [1.54, 1.807) is 0 Å². The largest absolute Gasteiger partial charge is 0.359 e. The number of nitrogens with two attached hydrogens (primary N) is 1. The van der Waals surface area contributed by atoms with Crippen molar-refractivity contribution < 1.29 is 0 Å². The second-order valence-electron chi connectivity index (χ2n) is 3.99. The maximum absolute atomic E-state index is 5.42. The molecule has 0 spiro atoms. The summed E-state index contributed by atoms with van der Waals surface area (Å²) in [5, 5.41) is 6.28. The zero-order valence-electron chi connectivity index (χ0n) is 10.8. The first-order valence-corrected chi connectivity index (χ1v) is 6.00. The van der Waals surface area contributed by atoms with Gasteiger partial charge in [0.2, 0.25) is 0 Å². The van der Waals surface area contributed by atoms with Gasteiger partial charge in [0.15, 0.2) is 5.96 Å². The van der Waals surface area contributed by atoms with Crippen LogP contribution < -0.4 is 16.4 Å². The third kappa shape index (κ3) is 9.52. The molecule has 0 unspecified atom stereocenters. The third-order valence-electron chi connectivity index (χ3n) is 2.15. The van der Waals surface area contributed by atoms with Gasteiger partial charge >= 0.3 is 0 Å². The van der Waals surface area contributed by atoms with Gasteiger partial charge in [0.1, 0.15) is 0 Å². The van der Waals surface area contributed by atoms with Gasteiger partial charge in [-0.2, -0.15) is 0 Å². The summed E-state index contributed by atoms with van der Waals surface area (Å²) in [6, 6.07) is 0. The summed E-state index contributed by atoms with van der Waals surface area (Å²) in [6.45, 7) is 6.64. The van der Waals surface area contributed by atoms with Crippen molar-refractivity contribution in [3.8, 4) is 0 Å². The Hall–Kier alpha value is -1.03. The topological polar surface area (TPSA) is 62.4 Å². The number of hydrogen-bond donors (Lipinski definition) is 3. The van der Waals surface area contributed by atoms with Crippen LogP contribution in [0.25, 0.3) is 0 Å². The Morgan fingerprint density at radius 1 is 1.25 bits per heavy atom. The van der Waals surface area contributed by atoms with Crippen molar-refractivity contribution in [2.75, 3.05) is 26.7 Å². The van der Waals surface area contributed by atoms with Gasteiger partial charge in [0.25, 0.3) is 0 Å². The standard InChI is InChI=1S/C12H26N4/c1-11(2)7-10-16-12(14-3)15-9-6-4-5-8-13/h7H,4-6,8-10,13H2,1-3H3,(H2,14,15,16). The lowest BCUT2D eigenvalue weighted by molar-refractivity contribution is 0.692. The maximum Gasteiger partial charge on any atom is 0.191 e. The van der Waals surface area contributed by atoms with E-state index >= 15 is 0 Å². The number of rotatable bonds is 7. The minimum absolute atomic E-state index is 0.779. The van der Waals surface area contributed by atoms with Crippen molar-refractivity contribution in [3.63, 3.8) is 0 Å². The summed E-state index contributed by atoms with van der Waals surface area (Å²) in [4.78, 5) is 4.44. The van der Waals surface area contributed by atoms with Crippen molar-refractivity contribution in [1.82, 2.24) is 10.6 Å². The molecule has 94 valence electrons. The summed E-state index contributed by atoms with van der Waals surface area (Å²) < 4.78 is 0. The zero-order valence-corrected chi connectivity index (χ0v) is 10.8. The van der Waals surface area contributed by atoms with E-state index in [0.29, 0.717) is 0 Å². The summed E-state index contributed by atoms with van der Waals surface area (Å²) >= 11 is 0. The Bertz CT molecular complexity index is 217.